The first kappa shape index (κ1) is 16.4. The van der Waals surface area contributed by atoms with Gasteiger partial charge in [0, 0.05) is 0 Å². The number of ether oxygens (including phenoxy) is 1. The Labute approximate surface area is 107 Å². The van der Waals surface area contributed by atoms with Crippen molar-refractivity contribution in [2.45, 2.75) is 39.7 Å². The molecule has 1 N–H and O–H groups in total. The van der Waals surface area contributed by atoms with Crippen molar-refractivity contribution < 1.29 is 19.4 Å². The van der Waals surface area contributed by atoms with E-state index in [1.807, 2.05) is 20.8 Å². The summed E-state index contributed by atoms with van der Waals surface area (Å²) in [6.45, 7) is 7.20. The largest absolute Gasteiger partial charge is 0.467 e. The van der Waals surface area contributed by atoms with Gasteiger partial charge in [-0.3, -0.25) is 4.79 Å². The molecular formula is C12H22O4S. The van der Waals surface area contributed by atoms with E-state index >= 15 is 0 Å². The van der Waals surface area contributed by atoms with Gasteiger partial charge in [-0.1, -0.05) is 39.5 Å². The minimum atomic E-state index is -1.72. The first-order chi connectivity index (χ1) is 7.79. The van der Waals surface area contributed by atoms with Gasteiger partial charge in [0.2, 0.25) is 0 Å². The third kappa shape index (κ3) is 4.32. The van der Waals surface area contributed by atoms with E-state index in [-0.39, 0.29) is 17.5 Å². The molecule has 0 aromatic carbocycles. The zero-order valence-corrected chi connectivity index (χ0v) is 12.0. The third-order valence-electron chi connectivity index (χ3n) is 2.61. The molecule has 0 rings (SSSR count). The number of carbonyl (C=O) groups excluding carboxylic acids is 2. The summed E-state index contributed by atoms with van der Waals surface area (Å²) in [7, 11) is 1.22. The number of thioether (sulfide) groups is 1. The van der Waals surface area contributed by atoms with E-state index in [1.165, 1.54) is 7.11 Å². The van der Waals surface area contributed by atoms with Gasteiger partial charge in [-0.25, -0.2) is 4.79 Å². The molecule has 0 aromatic rings. The Hall–Kier alpha value is -0.550. The summed E-state index contributed by atoms with van der Waals surface area (Å²) in [5.41, 5.74) is -1.72. The summed E-state index contributed by atoms with van der Waals surface area (Å²) < 4.78 is 4.62. The lowest BCUT2D eigenvalue weighted by Crippen LogP contribution is -2.49. The van der Waals surface area contributed by atoms with Crippen molar-refractivity contribution >= 4 is 22.8 Å². The highest BCUT2D eigenvalue weighted by molar-refractivity contribution is 8.13. The minimum Gasteiger partial charge on any atom is -0.467 e. The zero-order chi connectivity index (χ0) is 13.6. The van der Waals surface area contributed by atoms with Crippen LogP contribution >= 0.6 is 11.8 Å². The molecule has 0 saturated heterocycles. The SMILES string of the molecule is CCSC(=O)[C@@H](C)[C@](O)(CC(C)C)C(=O)OC. The standard InChI is InChI=1S/C12H22O4S/c1-6-17-10(13)9(4)12(15,7-8(2)3)11(14)16-5/h8-9,15H,6-7H2,1-5H3/t9-,12-/m1/s1. The second-order valence-electron chi connectivity index (χ2n) is 4.49. The molecule has 4 nitrogen and oxygen atoms in total. The molecule has 100 valence electrons. The summed E-state index contributed by atoms with van der Waals surface area (Å²) in [4.78, 5) is 23.5. The Balaban J connectivity index is 5.03. The molecule has 0 bridgehead atoms. The molecule has 0 heterocycles. The lowest BCUT2D eigenvalue weighted by Gasteiger charge is -2.31. The molecule has 0 spiro atoms. The summed E-state index contributed by atoms with van der Waals surface area (Å²) in [5.74, 6) is -0.769. The molecule has 0 aliphatic heterocycles. The maximum absolute atomic E-state index is 11.8. The molecule has 0 fully saturated rings. The van der Waals surface area contributed by atoms with Crippen LogP contribution in [0.5, 0.6) is 0 Å². The molecule has 0 aliphatic carbocycles. The van der Waals surface area contributed by atoms with Crippen LogP contribution in [-0.4, -0.2) is 34.7 Å². The quantitative estimate of drug-likeness (QED) is 0.740. The highest BCUT2D eigenvalue weighted by Crippen LogP contribution is 2.30. The third-order valence-corrected chi connectivity index (χ3v) is 3.54. The first-order valence-electron chi connectivity index (χ1n) is 5.77. The van der Waals surface area contributed by atoms with E-state index in [2.05, 4.69) is 4.74 Å². The Morgan fingerprint density at radius 3 is 2.24 bits per heavy atom. The predicted molar refractivity (Wildman–Crippen MR) is 68.7 cm³/mol. The zero-order valence-electron chi connectivity index (χ0n) is 11.1. The van der Waals surface area contributed by atoms with Crippen LogP contribution < -0.4 is 0 Å². The minimum absolute atomic E-state index is 0.0981. The lowest BCUT2D eigenvalue weighted by molar-refractivity contribution is -0.171. The van der Waals surface area contributed by atoms with E-state index in [0.29, 0.717) is 5.75 Å². The predicted octanol–water partition coefficient (Wildman–Crippen LogP) is 1.85. The van der Waals surface area contributed by atoms with Crippen LogP contribution in [0.1, 0.15) is 34.1 Å². The Bertz CT molecular complexity index is 278. The molecule has 0 amide bonds. The fourth-order valence-corrected chi connectivity index (χ4v) is 2.43. The van der Waals surface area contributed by atoms with Gasteiger partial charge in [-0.2, -0.15) is 0 Å². The first-order valence-corrected chi connectivity index (χ1v) is 6.75. The van der Waals surface area contributed by atoms with Crippen LogP contribution in [0, 0.1) is 11.8 Å². The normalized spacial score (nSPS) is 16.4. The summed E-state index contributed by atoms with van der Waals surface area (Å²) in [5, 5.41) is 10.2. The molecule has 0 aromatic heterocycles. The highest BCUT2D eigenvalue weighted by Gasteiger charge is 2.46. The van der Waals surface area contributed by atoms with E-state index < -0.39 is 17.5 Å². The molecular weight excluding hydrogens is 240 g/mol. The average Bonchev–Trinajstić information content (AvgIpc) is 2.26. The van der Waals surface area contributed by atoms with Crippen LogP contribution in [0.4, 0.5) is 0 Å². The second-order valence-corrected chi connectivity index (χ2v) is 5.76. The van der Waals surface area contributed by atoms with Gasteiger partial charge in [0.05, 0.1) is 13.0 Å². The van der Waals surface area contributed by atoms with Gasteiger partial charge in [0.1, 0.15) is 0 Å². The van der Waals surface area contributed by atoms with Gasteiger partial charge in [0.15, 0.2) is 10.7 Å². The van der Waals surface area contributed by atoms with Crippen molar-refractivity contribution in [2.24, 2.45) is 11.8 Å². The van der Waals surface area contributed by atoms with Crippen LogP contribution in [0.3, 0.4) is 0 Å². The molecule has 5 heteroatoms. The maximum Gasteiger partial charge on any atom is 0.338 e. The van der Waals surface area contributed by atoms with Crippen LogP contribution in [0.2, 0.25) is 0 Å². The van der Waals surface area contributed by atoms with Gasteiger partial charge in [-0.15, -0.1) is 0 Å². The molecule has 0 saturated carbocycles. The van der Waals surface area contributed by atoms with E-state index in [0.717, 1.165) is 11.8 Å². The number of rotatable bonds is 6. The van der Waals surface area contributed by atoms with Gasteiger partial charge < -0.3 is 9.84 Å². The van der Waals surface area contributed by atoms with E-state index in [1.54, 1.807) is 6.92 Å². The van der Waals surface area contributed by atoms with Crippen molar-refractivity contribution in [1.29, 1.82) is 0 Å². The van der Waals surface area contributed by atoms with Crippen LogP contribution in [-0.2, 0) is 14.3 Å². The monoisotopic (exact) mass is 262 g/mol. The number of esters is 1. The highest BCUT2D eigenvalue weighted by atomic mass is 32.2. The Morgan fingerprint density at radius 2 is 1.88 bits per heavy atom. The molecule has 0 radical (unpaired) electrons. The maximum atomic E-state index is 11.8. The summed E-state index contributed by atoms with van der Waals surface area (Å²) in [6, 6.07) is 0. The topological polar surface area (TPSA) is 63.6 Å². The van der Waals surface area contributed by atoms with Crippen molar-refractivity contribution in [3.63, 3.8) is 0 Å². The average molecular weight is 262 g/mol. The van der Waals surface area contributed by atoms with Crippen LogP contribution in [0.15, 0.2) is 0 Å². The summed E-state index contributed by atoms with van der Waals surface area (Å²) in [6.07, 6.45) is 0.219. The summed E-state index contributed by atoms with van der Waals surface area (Å²) >= 11 is 1.11. The van der Waals surface area contributed by atoms with E-state index in [4.69, 9.17) is 0 Å². The molecule has 2 atom stereocenters. The number of hydrogen-bond donors (Lipinski definition) is 1. The van der Waals surface area contributed by atoms with Crippen molar-refractivity contribution in [3.05, 3.63) is 0 Å². The number of carbonyl (C=O) groups is 2. The van der Waals surface area contributed by atoms with Gasteiger partial charge in [0.25, 0.3) is 0 Å². The number of aliphatic hydroxyl groups is 1. The van der Waals surface area contributed by atoms with Crippen molar-refractivity contribution in [1.82, 2.24) is 0 Å². The van der Waals surface area contributed by atoms with Crippen molar-refractivity contribution in [3.8, 4) is 0 Å². The number of methoxy groups -OCH3 is 1. The van der Waals surface area contributed by atoms with Gasteiger partial charge in [-0.05, 0) is 18.1 Å². The number of hydrogen-bond acceptors (Lipinski definition) is 5. The fraction of sp³-hybridized carbons (Fsp3) is 0.833. The van der Waals surface area contributed by atoms with Crippen LogP contribution in [0.25, 0.3) is 0 Å². The fourth-order valence-electron chi connectivity index (χ4n) is 1.70. The lowest BCUT2D eigenvalue weighted by atomic mass is 9.82. The van der Waals surface area contributed by atoms with E-state index in [9.17, 15) is 14.7 Å². The molecule has 17 heavy (non-hydrogen) atoms. The smallest absolute Gasteiger partial charge is 0.338 e. The van der Waals surface area contributed by atoms with Gasteiger partial charge >= 0.3 is 5.97 Å². The molecule has 0 aliphatic rings. The second kappa shape index (κ2) is 7.01. The Morgan fingerprint density at radius 1 is 1.35 bits per heavy atom. The molecule has 0 unspecified atom stereocenters. The van der Waals surface area contributed by atoms with Crippen molar-refractivity contribution in [2.75, 3.05) is 12.9 Å². The Kier molecular flexibility index (Phi) is 6.78.